The van der Waals surface area contributed by atoms with Crippen molar-refractivity contribution < 1.29 is 33.4 Å². The van der Waals surface area contributed by atoms with Crippen molar-refractivity contribution in [3.05, 3.63) is 126 Å². The van der Waals surface area contributed by atoms with E-state index in [1.165, 1.54) is 18.2 Å². The van der Waals surface area contributed by atoms with E-state index in [0.717, 1.165) is 49.4 Å². The summed E-state index contributed by atoms with van der Waals surface area (Å²) in [7, 11) is 0. The van der Waals surface area contributed by atoms with Crippen molar-refractivity contribution in [2.75, 3.05) is 19.8 Å². The lowest BCUT2D eigenvalue weighted by molar-refractivity contribution is -0.164. The van der Waals surface area contributed by atoms with E-state index >= 15 is 0 Å². The first-order valence-electron chi connectivity index (χ1n) is 17.2. The predicted octanol–water partition coefficient (Wildman–Crippen LogP) is 7.10. The Bertz CT molecular complexity index is 2340. The number of esters is 3. The van der Waals surface area contributed by atoms with E-state index in [1.807, 2.05) is 79.0 Å². The van der Waals surface area contributed by atoms with Gasteiger partial charge in [-0.05, 0) is 42.8 Å². The third-order valence-corrected chi connectivity index (χ3v) is 8.69. The maximum atomic E-state index is 13.5. The monoisotopic (exact) mass is 712 g/mol. The number of nitrogens with one attached hydrogen (secondary N) is 4. The number of aromatic amines is 3. The van der Waals surface area contributed by atoms with Crippen LogP contribution in [0.5, 0.6) is 0 Å². The molecular formula is C42H40N4O7. The van der Waals surface area contributed by atoms with Gasteiger partial charge in [-0.2, -0.15) is 0 Å². The molecule has 3 aromatic carbocycles. The number of carbonyl (C=O) groups is 4. The smallest absolute Gasteiger partial charge is 0.331 e. The van der Waals surface area contributed by atoms with Crippen LogP contribution < -0.4 is 5.32 Å². The Morgan fingerprint density at radius 3 is 1.57 bits per heavy atom. The van der Waals surface area contributed by atoms with E-state index < -0.39 is 35.3 Å². The van der Waals surface area contributed by atoms with Gasteiger partial charge in [0, 0.05) is 98.2 Å². The fraction of sp³-hybridized carbons (Fsp3) is 0.190. The van der Waals surface area contributed by atoms with E-state index in [2.05, 4.69) is 20.3 Å². The maximum absolute atomic E-state index is 13.5. The lowest BCUT2D eigenvalue weighted by atomic mass is 9.86. The molecule has 11 nitrogen and oxygen atoms in total. The van der Waals surface area contributed by atoms with Crippen molar-refractivity contribution in [1.82, 2.24) is 20.3 Å². The first-order valence-corrected chi connectivity index (χ1v) is 17.2. The minimum atomic E-state index is -1.32. The number of hydrogen-bond donors (Lipinski definition) is 4. The van der Waals surface area contributed by atoms with Crippen molar-refractivity contribution in [3.63, 3.8) is 0 Å². The molecule has 270 valence electrons. The lowest BCUT2D eigenvalue weighted by Crippen LogP contribution is -2.49. The summed E-state index contributed by atoms with van der Waals surface area (Å²) < 4.78 is 16.6. The van der Waals surface area contributed by atoms with E-state index in [9.17, 15) is 19.2 Å². The van der Waals surface area contributed by atoms with Crippen LogP contribution in [0.15, 0.2) is 110 Å². The van der Waals surface area contributed by atoms with Crippen LogP contribution in [0.1, 0.15) is 37.0 Å². The zero-order chi connectivity index (χ0) is 37.2. The molecular weight excluding hydrogens is 672 g/mol. The van der Waals surface area contributed by atoms with Gasteiger partial charge in [-0.15, -0.1) is 0 Å². The van der Waals surface area contributed by atoms with Crippen LogP contribution >= 0.6 is 0 Å². The topological polar surface area (TPSA) is 155 Å². The highest BCUT2D eigenvalue weighted by atomic mass is 16.6. The summed E-state index contributed by atoms with van der Waals surface area (Å²) in [4.78, 5) is 61.2. The molecule has 53 heavy (non-hydrogen) atoms. The van der Waals surface area contributed by atoms with Crippen molar-refractivity contribution in [1.29, 1.82) is 0 Å². The number of para-hydroxylation sites is 3. The Morgan fingerprint density at radius 1 is 0.642 bits per heavy atom. The van der Waals surface area contributed by atoms with Gasteiger partial charge in [0.15, 0.2) is 6.10 Å². The highest BCUT2D eigenvalue weighted by Crippen LogP contribution is 2.26. The summed E-state index contributed by atoms with van der Waals surface area (Å²) in [6, 6.07) is 23.1. The number of benzene rings is 3. The Balaban J connectivity index is 1.05. The zero-order valence-electron chi connectivity index (χ0n) is 29.4. The number of hydrogen-bond acceptors (Lipinski definition) is 7. The molecule has 4 N–H and O–H groups in total. The predicted molar refractivity (Wildman–Crippen MR) is 205 cm³/mol. The summed E-state index contributed by atoms with van der Waals surface area (Å²) in [6.45, 7) is 3.32. The molecule has 1 unspecified atom stereocenters. The van der Waals surface area contributed by atoms with Gasteiger partial charge in [0.25, 0.3) is 5.91 Å². The number of amides is 1. The molecule has 0 bridgehead atoms. The van der Waals surface area contributed by atoms with Gasteiger partial charge in [0.05, 0.1) is 6.61 Å². The van der Waals surface area contributed by atoms with Crippen LogP contribution in [-0.2, 0) is 33.4 Å². The highest BCUT2D eigenvalue weighted by molar-refractivity contribution is 5.96. The molecule has 0 saturated heterocycles. The van der Waals surface area contributed by atoms with E-state index in [-0.39, 0.29) is 19.8 Å². The van der Waals surface area contributed by atoms with Crippen LogP contribution in [0, 0.1) is 5.41 Å². The largest absolute Gasteiger partial charge is 0.462 e. The zero-order valence-corrected chi connectivity index (χ0v) is 29.4. The second-order valence-electron chi connectivity index (χ2n) is 13.1. The van der Waals surface area contributed by atoms with Gasteiger partial charge in [0.2, 0.25) is 0 Å². The third-order valence-electron chi connectivity index (χ3n) is 8.69. The quantitative estimate of drug-likeness (QED) is 0.0383. The van der Waals surface area contributed by atoms with Crippen molar-refractivity contribution >= 4 is 74.8 Å². The molecule has 0 aliphatic rings. The van der Waals surface area contributed by atoms with Crippen LogP contribution in [-0.4, -0.2) is 64.6 Å². The summed E-state index contributed by atoms with van der Waals surface area (Å²) in [5.41, 5.74) is 4.15. The number of ether oxygens (including phenoxy) is 3. The summed E-state index contributed by atoms with van der Waals surface area (Å²) in [6.07, 6.45) is 13.2. The average molecular weight is 713 g/mol. The van der Waals surface area contributed by atoms with Gasteiger partial charge in [-0.3, -0.25) is 4.79 Å². The van der Waals surface area contributed by atoms with Gasteiger partial charge >= 0.3 is 17.9 Å². The summed E-state index contributed by atoms with van der Waals surface area (Å²) in [5.74, 6) is -2.46. The van der Waals surface area contributed by atoms with Crippen LogP contribution in [0.4, 0.5) is 0 Å². The molecule has 3 heterocycles. The van der Waals surface area contributed by atoms with Crippen molar-refractivity contribution in [2.24, 2.45) is 5.41 Å². The second-order valence-corrected chi connectivity index (χ2v) is 13.1. The minimum Gasteiger partial charge on any atom is -0.462 e. The minimum absolute atomic E-state index is 0.0545. The molecule has 0 fully saturated rings. The number of H-pyrrole nitrogens is 3. The SMILES string of the molecule is CC(C)(COC(=O)/C=C/c1c[nH]c2ccccc12)C(OC(=O)/C=C/c1c[nH]c2ccccc12)C(=O)NCCCOC(=O)/C=C/c1c[nH]c2ccccc12. The number of aromatic nitrogens is 3. The van der Waals surface area contributed by atoms with Crippen LogP contribution in [0.3, 0.4) is 0 Å². The Labute approximate surface area is 305 Å². The fourth-order valence-corrected chi connectivity index (χ4v) is 5.87. The first kappa shape index (κ1) is 36.2. The molecule has 6 rings (SSSR count). The Kier molecular flexibility index (Phi) is 11.3. The van der Waals surface area contributed by atoms with Crippen LogP contribution in [0.2, 0.25) is 0 Å². The summed E-state index contributed by atoms with van der Waals surface area (Å²) >= 11 is 0. The molecule has 6 aromatic rings. The number of rotatable bonds is 15. The fourth-order valence-electron chi connectivity index (χ4n) is 5.87. The van der Waals surface area contributed by atoms with E-state index in [4.69, 9.17) is 14.2 Å². The van der Waals surface area contributed by atoms with Crippen molar-refractivity contribution in [3.8, 4) is 0 Å². The van der Waals surface area contributed by atoms with Gasteiger partial charge < -0.3 is 34.5 Å². The van der Waals surface area contributed by atoms with E-state index in [1.54, 1.807) is 44.5 Å². The molecule has 1 atom stereocenters. The normalized spacial score (nSPS) is 12.6. The standard InChI is InChI=1S/C42H40N4O7/c1-42(2,27-52-38(48)20-17-29-25-45-35-14-7-4-11-32(29)35)40(53-39(49)21-18-30-26-46-36-15-8-5-12-33(30)36)41(50)43-22-9-23-51-37(47)19-16-28-24-44-34-13-6-3-10-31(28)34/h3-8,10-21,24-26,40,44-46H,9,22-23,27H2,1-2H3,(H,43,50)/b19-16+,20-17+,21-18+. The first-order chi connectivity index (χ1) is 25.7. The molecule has 11 heteroatoms. The lowest BCUT2D eigenvalue weighted by Gasteiger charge is -2.31. The molecule has 3 aromatic heterocycles. The molecule has 0 spiro atoms. The molecule has 0 aliphatic carbocycles. The van der Waals surface area contributed by atoms with Crippen LogP contribution in [0.25, 0.3) is 50.9 Å². The third kappa shape index (κ3) is 9.19. The van der Waals surface area contributed by atoms with Crippen molar-refractivity contribution in [2.45, 2.75) is 26.4 Å². The average Bonchev–Trinajstić information content (AvgIpc) is 3.90. The molecule has 0 aliphatic heterocycles. The number of carbonyl (C=O) groups excluding carboxylic acids is 4. The summed E-state index contributed by atoms with van der Waals surface area (Å²) in [5, 5.41) is 5.64. The van der Waals surface area contributed by atoms with Gasteiger partial charge in [-0.1, -0.05) is 68.4 Å². The highest BCUT2D eigenvalue weighted by Gasteiger charge is 2.39. The van der Waals surface area contributed by atoms with E-state index in [0.29, 0.717) is 6.42 Å². The van der Waals surface area contributed by atoms with Gasteiger partial charge in [0.1, 0.15) is 6.61 Å². The van der Waals surface area contributed by atoms with Gasteiger partial charge in [-0.25, -0.2) is 14.4 Å². The maximum Gasteiger partial charge on any atom is 0.331 e. The molecule has 0 saturated carbocycles. The second kappa shape index (κ2) is 16.6. The molecule has 1 amide bonds. The Hall–Kier alpha value is -6.62. The molecule has 0 radical (unpaired) electrons. The Morgan fingerprint density at radius 2 is 1.08 bits per heavy atom. The number of fused-ring (bicyclic) bond motifs is 3.